The summed E-state index contributed by atoms with van der Waals surface area (Å²) in [6.45, 7) is 2.27. The molecule has 0 saturated carbocycles. The van der Waals surface area contributed by atoms with Crippen LogP contribution in [0.1, 0.15) is 30.7 Å². The molecule has 1 atom stereocenters. The zero-order chi connectivity index (χ0) is 14.4. The lowest BCUT2D eigenvalue weighted by molar-refractivity contribution is 0.166. The van der Waals surface area contributed by atoms with Crippen molar-refractivity contribution < 1.29 is 14.6 Å². The number of aliphatic hydroxyl groups is 1. The smallest absolute Gasteiger partial charge is 0.213 e. The van der Waals surface area contributed by atoms with Crippen LogP contribution in [0, 0.1) is 0 Å². The van der Waals surface area contributed by atoms with Gasteiger partial charge < -0.3 is 14.6 Å². The summed E-state index contributed by atoms with van der Waals surface area (Å²) in [5, 5.41) is 9.97. The number of methoxy groups -OCH3 is 1. The number of nitrogens with zero attached hydrogens (tertiary/aromatic N) is 1. The minimum Gasteiger partial charge on any atom is -0.487 e. The predicted octanol–water partition coefficient (Wildman–Crippen LogP) is 3.11. The van der Waals surface area contributed by atoms with Gasteiger partial charge in [0.05, 0.1) is 18.9 Å². The van der Waals surface area contributed by atoms with Gasteiger partial charge >= 0.3 is 0 Å². The molecule has 1 heterocycles. The molecule has 1 unspecified atom stereocenters. The largest absolute Gasteiger partial charge is 0.487 e. The van der Waals surface area contributed by atoms with Crippen molar-refractivity contribution in [3.63, 3.8) is 0 Å². The van der Waals surface area contributed by atoms with E-state index in [-0.39, 0.29) is 0 Å². The van der Waals surface area contributed by atoms with Crippen molar-refractivity contribution >= 4 is 0 Å². The van der Waals surface area contributed by atoms with Crippen LogP contribution >= 0.6 is 0 Å². The van der Waals surface area contributed by atoms with Crippen LogP contribution in [0.15, 0.2) is 42.5 Å². The second kappa shape index (κ2) is 6.91. The Balaban J connectivity index is 2.10. The highest BCUT2D eigenvalue weighted by Gasteiger charge is 2.11. The molecule has 0 spiro atoms. The Morgan fingerprint density at radius 1 is 1.15 bits per heavy atom. The minimum atomic E-state index is -0.510. The monoisotopic (exact) mass is 273 g/mol. The fraction of sp³-hybridized carbons (Fsp3) is 0.312. The molecule has 0 aliphatic heterocycles. The Morgan fingerprint density at radius 2 is 1.95 bits per heavy atom. The van der Waals surface area contributed by atoms with E-state index in [0.29, 0.717) is 24.7 Å². The summed E-state index contributed by atoms with van der Waals surface area (Å²) < 4.78 is 10.8. The maximum Gasteiger partial charge on any atom is 0.213 e. The van der Waals surface area contributed by atoms with Gasteiger partial charge in [-0.2, -0.15) is 0 Å². The topological polar surface area (TPSA) is 51.6 Å². The average molecular weight is 273 g/mol. The van der Waals surface area contributed by atoms with Crippen LogP contribution in [0.2, 0.25) is 0 Å². The third kappa shape index (κ3) is 3.48. The highest BCUT2D eigenvalue weighted by atomic mass is 16.5. The lowest BCUT2D eigenvalue weighted by Gasteiger charge is -2.14. The molecule has 2 rings (SSSR count). The molecular weight excluding hydrogens is 254 g/mol. The number of hydrogen-bond donors (Lipinski definition) is 1. The van der Waals surface area contributed by atoms with Crippen molar-refractivity contribution in [3.8, 4) is 11.6 Å². The molecule has 2 aromatic rings. The molecule has 4 heteroatoms. The summed E-state index contributed by atoms with van der Waals surface area (Å²) in [6.07, 6.45) is 0.141. The highest BCUT2D eigenvalue weighted by Crippen LogP contribution is 2.27. The van der Waals surface area contributed by atoms with E-state index in [1.165, 1.54) is 0 Å². The van der Waals surface area contributed by atoms with Crippen molar-refractivity contribution in [1.82, 2.24) is 4.98 Å². The molecule has 0 fully saturated rings. The summed E-state index contributed by atoms with van der Waals surface area (Å²) in [6, 6.07) is 13.1. The number of benzene rings is 1. The lowest BCUT2D eigenvalue weighted by atomic mass is 10.1. The van der Waals surface area contributed by atoms with Crippen LogP contribution in [0.4, 0.5) is 0 Å². The Kier molecular flexibility index (Phi) is 4.96. The molecule has 20 heavy (non-hydrogen) atoms. The van der Waals surface area contributed by atoms with E-state index in [0.717, 1.165) is 11.3 Å². The fourth-order valence-corrected chi connectivity index (χ4v) is 1.91. The summed E-state index contributed by atoms with van der Waals surface area (Å²) in [4.78, 5) is 4.29. The first-order valence-electron chi connectivity index (χ1n) is 6.64. The third-order valence-corrected chi connectivity index (χ3v) is 3.03. The van der Waals surface area contributed by atoms with Crippen molar-refractivity contribution in [2.45, 2.75) is 26.1 Å². The number of hydrogen-bond acceptors (Lipinski definition) is 4. The maximum atomic E-state index is 9.97. The third-order valence-electron chi connectivity index (χ3n) is 3.03. The molecule has 1 aromatic carbocycles. The molecule has 4 nitrogen and oxygen atoms in total. The molecule has 0 radical (unpaired) electrons. The van der Waals surface area contributed by atoms with Gasteiger partial charge in [-0.15, -0.1) is 0 Å². The summed E-state index contributed by atoms with van der Waals surface area (Å²) in [5.41, 5.74) is 1.59. The van der Waals surface area contributed by atoms with Crippen LogP contribution in [-0.4, -0.2) is 17.2 Å². The van der Waals surface area contributed by atoms with Gasteiger partial charge in [-0.1, -0.05) is 31.2 Å². The fourth-order valence-electron chi connectivity index (χ4n) is 1.91. The molecule has 0 aliphatic carbocycles. The van der Waals surface area contributed by atoms with Crippen LogP contribution in [0.25, 0.3) is 0 Å². The van der Waals surface area contributed by atoms with E-state index in [9.17, 15) is 5.11 Å². The van der Waals surface area contributed by atoms with E-state index in [4.69, 9.17) is 9.47 Å². The van der Waals surface area contributed by atoms with E-state index in [1.807, 2.05) is 43.3 Å². The molecule has 0 aliphatic rings. The molecule has 106 valence electrons. The molecule has 0 bridgehead atoms. The number of pyridine rings is 1. The first-order chi connectivity index (χ1) is 9.74. The molecule has 1 aromatic heterocycles. The van der Waals surface area contributed by atoms with Crippen LogP contribution < -0.4 is 9.47 Å². The summed E-state index contributed by atoms with van der Waals surface area (Å²) in [7, 11) is 1.58. The van der Waals surface area contributed by atoms with Gasteiger partial charge in [-0.05, 0) is 18.6 Å². The Labute approximate surface area is 119 Å². The minimum absolute atomic E-state index is 0.338. The predicted molar refractivity (Wildman–Crippen MR) is 76.8 cm³/mol. The molecule has 0 amide bonds. The number of ether oxygens (including phenoxy) is 2. The van der Waals surface area contributed by atoms with Gasteiger partial charge in [0.1, 0.15) is 12.4 Å². The van der Waals surface area contributed by atoms with Crippen molar-refractivity contribution in [1.29, 1.82) is 0 Å². The van der Waals surface area contributed by atoms with E-state index < -0.39 is 6.10 Å². The summed E-state index contributed by atoms with van der Waals surface area (Å²) >= 11 is 0. The zero-order valence-corrected chi connectivity index (χ0v) is 11.7. The van der Waals surface area contributed by atoms with Gasteiger partial charge in [-0.25, -0.2) is 4.98 Å². The Bertz CT molecular complexity index is 557. The summed E-state index contributed by atoms with van der Waals surface area (Å²) in [5.74, 6) is 1.25. The van der Waals surface area contributed by atoms with Gasteiger partial charge in [0, 0.05) is 11.6 Å². The second-order valence-electron chi connectivity index (χ2n) is 4.42. The van der Waals surface area contributed by atoms with Crippen molar-refractivity contribution in [2.24, 2.45) is 0 Å². The van der Waals surface area contributed by atoms with E-state index in [2.05, 4.69) is 4.98 Å². The van der Waals surface area contributed by atoms with Crippen molar-refractivity contribution in [3.05, 3.63) is 53.7 Å². The average Bonchev–Trinajstić information content (AvgIpc) is 2.52. The first kappa shape index (κ1) is 14.3. The van der Waals surface area contributed by atoms with Crippen LogP contribution in [0.5, 0.6) is 11.6 Å². The Morgan fingerprint density at radius 3 is 2.70 bits per heavy atom. The number of rotatable bonds is 6. The lowest BCUT2D eigenvalue weighted by Crippen LogP contribution is -2.03. The Hall–Kier alpha value is -2.07. The number of para-hydroxylation sites is 1. The first-order valence-corrected chi connectivity index (χ1v) is 6.64. The van der Waals surface area contributed by atoms with Gasteiger partial charge in [0.15, 0.2) is 0 Å². The normalized spacial score (nSPS) is 11.9. The standard InChI is InChI=1S/C16H19NO3/c1-3-14(18)13-8-4-5-9-15(13)20-11-12-7-6-10-16(17-12)19-2/h4-10,14,18H,3,11H2,1-2H3. The van der Waals surface area contributed by atoms with Gasteiger partial charge in [0.25, 0.3) is 0 Å². The van der Waals surface area contributed by atoms with Gasteiger partial charge in [-0.3, -0.25) is 0 Å². The second-order valence-corrected chi connectivity index (χ2v) is 4.42. The van der Waals surface area contributed by atoms with E-state index in [1.54, 1.807) is 13.2 Å². The number of aliphatic hydroxyl groups excluding tert-OH is 1. The SMILES string of the molecule is CCC(O)c1ccccc1OCc1cccc(OC)n1. The highest BCUT2D eigenvalue weighted by molar-refractivity contribution is 5.35. The van der Waals surface area contributed by atoms with Crippen molar-refractivity contribution in [2.75, 3.05) is 7.11 Å². The van der Waals surface area contributed by atoms with Crippen LogP contribution in [0.3, 0.4) is 0 Å². The quantitative estimate of drug-likeness (QED) is 0.878. The van der Waals surface area contributed by atoms with E-state index >= 15 is 0 Å². The maximum absolute atomic E-state index is 9.97. The molecule has 0 saturated heterocycles. The zero-order valence-electron chi connectivity index (χ0n) is 11.7. The van der Waals surface area contributed by atoms with Crippen LogP contribution in [-0.2, 0) is 6.61 Å². The van der Waals surface area contributed by atoms with Gasteiger partial charge in [0.2, 0.25) is 5.88 Å². The molecular formula is C16H19NO3. The number of aromatic nitrogens is 1. The molecule has 1 N–H and O–H groups in total.